The van der Waals surface area contributed by atoms with Gasteiger partial charge in [0.1, 0.15) is 0 Å². The van der Waals surface area contributed by atoms with Crippen molar-refractivity contribution in [3.8, 4) is 0 Å². The molecule has 0 aromatic heterocycles. The summed E-state index contributed by atoms with van der Waals surface area (Å²) in [6, 6.07) is 0. The maximum Gasteiger partial charge on any atom is -0.0382 e. The van der Waals surface area contributed by atoms with Crippen LogP contribution in [0.5, 0.6) is 0 Å². The van der Waals surface area contributed by atoms with Gasteiger partial charge in [-0.25, -0.2) is 0 Å². The maximum atomic E-state index is 3.48. The average molecular weight is 128 g/mol. The molecule has 0 rings (SSSR count). The minimum atomic E-state index is 0.884. The molecular formula is C9H20. The van der Waals surface area contributed by atoms with Crippen LogP contribution < -0.4 is 0 Å². The van der Waals surface area contributed by atoms with Crippen molar-refractivity contribution < 1.29 is 0 Å². The van der Waals surface area contributed by atoms with Gasteiger partial charge in [-0.05, 0) is 12.3 Å². The fraction of sp³-hybridized carbons (Fsp3) is 0.778. The lowest BCUT2D eigenvalue weighted by molar-refractivity contribution is 0.626. The van der Waals surface area contributed by atoms with Gasteiger partial charge in [-0.2, -0.15) is 0 Å². The second-order valence-electron chi connectivity index (χ2n) is 2.50. The second kappa shape index (κ2) is 10.7. The topological polar surface area (TPSA) is 0 Å². The van der Waals surface area contributed by atoms with E-state index < -0.39 is 0 Å². The van der Waals surface area contributed by atoms with Crippen molar-refractivity contribution in [2.45, 2.75) is 40.5 Å². The van der Waals surface area contributed by atoms with Gasteiger partial charge in [0.2, 0.25) is 0 Å². The molecule has 0 bridgehead atoms. The van der Waals surface area contributed by atoms with Gasteiger partial charge in [0.15, 0.2) is 0 Å². The second-order valence-corrected chi connectivity index (χ2v) is 2.50. The van der Waals surface area contributed by atoms with Gasteiger partial charge in [0.05, 0.1) is 0 Å². The van der Waals surface area contributed by atoms with Crippen molar-refractivity contribution in [3.05, 3.63) is 12.7 Å². The Morgan fingerprint density at radius 3 is 1.56 bits per heavy atom. The van der Waals surface area contributed by atoms with Gasteiger partial charge >= 0.3 is 0 Å². The molecule has 0 aliphatic rings. The molecule has 0 radical (unpaired) electrons. The van der Waals surface area contributed by atoms with Crippen molar-refractivity contribution in [1.29, 1.82) is 0 Å². The number of rotatable bonds is 2. The van der Waals surface area contributed by atoms with Crippen LogP contribution in [0.3, 0.4) is 0 Å². The summed E-state index contributed by atoms with van der Waals surface area (Å²) in [7, 11) is 0. The molecule has 0 heterocycles. The Morgan fingerprint density at radius 2 is 1.56 bits per heavy atom. The molecule has 0 fully saturated rings. The third-order valence-corrected chi connectivity index (χ3v) is 1.11. The number of hydrogen-bond acceptors (Lipinski definition) is 0. The zero-order valence-electron chi connectivity index (χ0n) is 7.28. The Kier molecular flexibility index (Phi) is 13.7. The Balaban J connectivity index is 0. The van der Waals surface area contributed by atoms with E-state index in [4.69, 9.17) is 0 Å². The lowest BCUT2D eigenvalue weighted by Crippen LogP contribution is -1.77. The largest absolute Gasteiger partial charge is 0.103 e. The molecular weight excluding hydrogens is 108 g/mol. The highest BCUT2D eigenvalue weighted by Gasteiger charge is 1.80. The standard InChI is InChI=1S/C5H12.C4H8/c1-4-5(2)3;1-3-4-2/h5H,4H2,1-3H3;3H,1,4H2,2H3. The lowest BCUT2D eigenvalue weighted by atomic mass is 10.2. The van der Waals surface area contributed by atoms with E-state index in [0.717, 1.165) is 12.3 Å². The van der Waals surface area contributed by atoms with Crippen molar-refractivity contribution in [2.24, 2.45) is 5.92 Å². The Bertz CT molecular complexity index is 44.0. The molecule has 0 aliphatic carbocycles. The van der Waals surface area contributed by atoms with Gasteiger partial charge in [-0.15, -0.1) is 6.58 Å². The first-order chi connectivity index (χ1) is 4.18. The molecule has 0 N–H and O–H groups in total. The molecule has 0 aliphatic heterocycles. The van der Waals surface area contributed by atoms with Crippen molar-refractivity contribution in [1.82, 2.24) is 0 Å². The van der Waals surface area contributed by atoms with Crippen LogP contribution in [0, 0.1) is 5.92 Å². The van der Waals surface area contributed by atoms with Crippen molar-refractivity contribution in [3.63, 3.8) is 0 Å². The lowest BCUT2D eigenvalue weighted by Gasteiger charge is -1.90. The molecule has 0 heteroatoms. The predicted molar refractivity (Wildman–Crippen MR) is 45.6 cm³/mol. The van der Waals surface area contributed by atoms with Gasteiger partial charge in [0, 0.05) is 0 Å². The Labute approximate surface area is 60.0 Å². The molecule has 0 aromatic rings. The van der Waals surface area contributed by atoms with Crippen LogP contribution in [-0.2, 0) is 0 Å². The zero-order valence-corrected chi connectivity index (χ0v) is 7.28. The van der Waals surface area contributed by atoms with Gasteiger partial charge in [-0.3, -0.25) is 0 Å². The van der Waals surface area contributed by atoms with E-state index in [9.17, 15) is 0 Å². The minimum Gasteiger partial charge on any atom is -0.103 e. The minimum absolute atomic E-state index is 0.884. The number of hydrogen-bond donors (Lipinski definition) is 0. The van der Waals surface area contributed by atoms with Gasteiger partial charge in [-0.1, -0.05) is 40.2 Å². The summed E-state index contributed by atoms with van der Waals surface area (Å²) in [6.45, 7) is 12.2. The fourth-order valence-corrected chi connectivity index (χ4v) is 0. The quantitative estimate of drug-likeness (QED) is 0.498. The van der Waals surface area contributed by atoms with Gasteiger partial charge < -0.3 is 0 Å². The summed E-state index contributed by atoms with van der Waals surface area (Å²) in [4.78, 5) is 0. The average Bonchev–Trinajstić information content (AvgIpc) is 1.89. The smallest absolute Gasteiger partial charge is 0.0382 e. The summed E-state index contributed by atoms with van der Waals surface area (Å²) >= 11 is 0. The summed E-state index contributed by atoms with van der Waals surface area (Å²) < 4.78 is 0. The molecule has 0 saturated carbocycles. The summed E-state index contributed by atoms with van der Waals surface area (Å²) in [6.07, 6.45) is 4.26. The van der Waals surface area contributed by atoms with E-state index in [0.29, 0.717) is 0 Å². The van der Waals surface area contributed by atoms with Crippen LogP contribution in [0.4, 0.5) is 0 Å². The molecule has 0 nitrogen and oxygen atoms in total. The van der Waals surface area contributed by atoms with Crippen LogP contribution in [0.1, 0.15) is 40.5 Å². The third kappa shape index (κ3) is 34.0. The predicted octanol–water partition coefficient (Wildman–Crippen LogP) is 3.63. The monoisotopic (exact) mass is 128 g/mol. The number of allylic oxidation sites excluding steroid dienone is 1. The fourth-order valence-electron chi connectivity index (χ4n) is 0. The zero-order chi connectivity index (χ0) is 7.70. The van der Waals surface area contributed by atoms with E-state index >= 15 is 0 Å². The first-order valence-corrected chi connectivity index (χ1v) is 3.79. The maximum absolute atomic E-state index is 3.48. The van der Waals surface area contributed by atoms with Crippen LogP contribution in [-0.4, -0.2) is 0 Å². The molecule has 0 atom stereocenters. The van der Waals surface area contributed by atoms with E-state index in [1.165, 1.54) is 6.42 Å². The van der Waals surface area contributed by atoms with Crippen LogP contribution in [0.2, 0.25) is 0 Å². The van der Waals surface area contributed by atoms with Gasteiger partial charge in [0.25, 0.3) is 0 Å². The summed E-state index contributed by atoms with van der Waals surface area (Å²) in [5, 5.41) is 0. The van der Waals surface area contributed by atoms with Crippen molar-refractivity contribution in [2.75, 3.05) is 0 Å². The van der Waals surface area contributed by atoms with E-state index in [1.54, 1.807) is 0 Å². The first kappa shape index (κ1) is 11.5. The summed E-state index contributed by atoms with van der Waals surface area (Å²) in [5.41, 5.74) is 0. The van der Waals surface area contributed by atoms with E-state index in [2.05, 4.69) is 34.3 Å². The van der Waals surface area contributed by atoms with E-state index in [1.807, 2.05) is 6.08 Å². The van der Waals surface area contributed by atoms with Crippen molar-refractivity contribution >= 4 is 0 Å². The molecule has 0 aromatic carbocycles. The van der Waals surface area contributed by atoms with Crippen LogP contribution in [0.25, 0.3) is 0 Å². The molecule has 0 amide bonds. The Morgan fingerprint density at radius 1 is 1.33 bits per heavy atom. The highest BCUT2D eigenvalue weighted by molar-refractivity contribution is 4.60. The molecule has 0 unspecified atom stereocenters. The highest BCUT2D eigenvalue weighted by atomic mass is 13.9. The molecule has 0 spiro atoms. The SMILES string of the molecule is C=CCC.CCC(C)C. The Hall–Kier alpha value is -0.260. The normalized spacial score (nSPS) is 8.11. The molecule has 0 saturated heterocycles. The molecule has 56 valence electrons. The highest BCUT2D eigenvalue weighted by Crippen LogP contribution is 1.93. The van der Waals surface area contributed by atoms with Crippen LogP contribution in [0.15, 0.2) is 12.7 Å². The first-order valence-electron chi connectivity index (χ1n) is 3.79. The summed E-state index contributed by atoms with van der Waals surface area (Å²) in [5.74, 6) is 0.884. The van der Waals surface area contributed by atoms with Crippen LogP contribution >= 0.6 is 0 Å². The third-order valence-electron chi connectivity index (χ3n) is 1.11. The van der Waals surface area contributed by atoms with E-state index in [-0.39, 0.29) is 0 Å². The molecule has 9 heavy (non-hydrogen) atoms.